The minimum Gasteiger partial charge on any atom is -0.457 e. The highest BCUT2D eigenvalue weighted by Gasteiger charge is 2.14. The molecule has 7 heteroatoms. The Kier molecular flexibility index (Phi) is 3.46. The number of ether oxygens (including phenoxy) is 1. The Hall–Kier alpha value is -2.83. The van der Waals surface area contributed by atoms with E-state index in [0.29, 0.717) is 23.0 Å². The number of anilines is 2. The first-order chi connectivity index (χ1) is 9.10. The van der Waals surface area contributed by atoms with Gasteiger partial charge in [-0.05, 0) is 18.2 Å². The third-order valence-corrected chi connectivity index (χ3v) is 2.42. The summed E-state index contributed by atoms with van der Waals surface area (Å²) >= 11 is 0. The van der Waals surface area contributed by atoms with E-state index in [0.717, 1.165) is 0 Å². The highest BCUT2D eigenvalue weighted by molar-refractivity contribution is 5.63. The van der Waals surface area contributed by atoms with Gasteiger partial charge in [0.15, 0.2) is 0 Å². The zero-order valence-corrected chi connectivity index (χ0v) is 10.2. The molecule has 0 atom stereocenters. The normalized spacial score (nSPS) is 9.95. The number of nitrogens with zero attached hydrogens (tertiary/aromatic N) is 2. The molecule has 1 aromatic heterocycles. The summed E-state index contributed by atoms with van der Waals surface area (Å²) in [4.78, 5) is 14.3. The minimum absolute atomic E-state index is 0.0537. The number of nitrogens with two attached hydrogens (primary N) is 1. The number of nitro groups is 1. The fourth-order valence-corrected chi connectivity index (χ4v) is 1.56. The van der Waals surface area contributed by atoms with Crippen molar-refractivity contribution in [3.05, 3.63) is 46.6 Å². The predicted molar refractivity (Wildman–Crippen MR) is 71.4 cm³/mol. The van der Waals surface area contributed by atoms with E-state index in [1.807, 2.05) is 0 Å². The Morgan fingerprint density at radius 1 is 1.32 bits per heavy atom. The molecule has 0 saturated carbocycles. The first kappa shape index (κ1) is 12.6. The van der Waals surface area contributed by atoms with Crippen LogP contribution in [0.15, 0.2) is 36.5 Å². The molecule has 2 aromatic rings. The first-order valence-corrected chi connectivity index (χ1v) is 5.45. The predicted octanol–water partition coefficient (Wildman–Crippen LogP) is 2.41. The van der Waals surface area contributed by atoms with Crippen LogP contribution in [0.1, 0.15) is 0 Å². The number of benzene rings is 1. The Morgan fingerprint density at radius 2 is 2.05 bits per heavy atom. The molecule has 98 valence electrons. The van der Waals surface area contributed by atoms with Crippen LogP contribution >= 0.6 is 0 Å². The fraction of sp³-hybridized carbons (Fsp3) is 0.0833. The first-order valence-electron chi connectivity index (χ1n) is 5.45. The molecule has 0 radical (unpaired) electrons. The lowest BCUT2D eigenvalue weighted by molar-refractivity contribution is -0.384. The van der Waals surface area contributed by atoms with Crippen LogP contribution < -0.4 is 15.8 Å². The van der Waals surface area contributed by atoms with Gasteiger partial charge in [0.2, 0.25) is 0 Å². The zero-order valence-electron chi connectivity index (χ0n) is 10.2. The molecule has 1 aromatic carbocycles. The quantitative estimate of drug-likeness (QED) is 0.646. The van der Waals surface area contributed by atoms with E-state index >= 15 is 0 Å². The third-order valence-electron chi connectivity index (χ3n) is 2.42. The van der Waals surface area contributed by atoms with Crippen LogP contribution in [-0.2, 0) is 0 Å². The van der Waals surface area contributed by atoms with Gasteiger partial charge in [0.05, 0.1) is 11.0 Å². The summed E-state index contributed by atoms with van der Waals surface area (Å²) in [6.07, 6.45) is 1.50. The van der Waals surface area contributed by atoms with E-state index in [2.05, 4.69) is 10.3 Å². The average molecular weight is 260 g/mol. The molecule has 0 saturated heterocycles. The van der Waals surface area contributed by atoms with Crippen LogP contribution in [-0.4, -0.2) is 17.0 Å². The lowest BCUT2D eigenvalue weighted by Gasteiger charge is -2.07. The summed E-state index contributed by atoms with van der Waals surface area (Å²) in [5.41, 5.74) is 5.90. The van der Waals surface area contributed by atoms with Gasteiger partial charge in [-0.15, -0.1) is 0 Å². The van der Waals surface area contributed by atoms with Crippen molar-refractivity contribution in [1.82, 2.24) is 4.98 Å². The van der Waals surface area contributed by atoms with Gasteiger partial charge in [-0.3, -0.25) is 10.1 Å². The summed E-state index contributed by atoms with van der Waals surface area (Å²) in [7, 11) is 1.62. The molecular weight excluding hydrogens is 248 g/mol. The Labute approximate surface area is 109 Å². The lowest BCUT2D eigenvalue weighted by Crippen LogP contribution is -1.97. The van der Waals surface area contributed by atoms with Gasteiger partial charge >= 0.3 is 0 Å². The molecule has 1 heterocycles. The molecule has 0 unspecified atom stereocenters. The number of nitrogens with one attached hydrogen (secondary N) is 1. The SMILES string of the molecule is CNc1ccc(Oc2ccnc(N)c2)cc1[N+](=O)[O-]. The van der Waals surface area contributed by atoms with Crippen molar-refractivity contribution < 1.29 is 9.66 Å². The summed E-state index contributed by atoms with van der Waals surface area (Å²) in [6, 6.07) is 7.72. The summed E-state index contributed by atoms with van der Waals surface area (Å²) in [5.74, 6) is 1.15. The molecule has 0 aliphatic heterocycles. The van der Waals surface area contributed by atoms with Crippen molar-refractivity contribution in [2.45, 2.75) is 0 Å². The number of rotatable bonds is 4. The van der Waals surface area contributed by atoms with Gasteiger partial charge in [-0.1, -0.05) is 0 Å². The molecule has 3 N–H and O–H groups in total. The minimum atomic E-state index is -0.473. The number of hydrogen-bond acceptors (Lipinski definition) is 6. The number of pyridine rings is 1. The number of nitro benzene ring substituents is 1. The maximum absolute atomic E-state index is 10.9. The van der Waals surface area contributed by atoms with Crippen molar-refractivity contribution in [3.8, 4) is 11.5 Å². The van der Waals surface area contributed by atoms with Gasteiger partial charge in [0.1, 0.15) is 23.0 Å². The highest BCUT2D eigenvalue weighted by atomic mass is 16.6. The van der Waals surface area contributed by atoms with Gasteiger partial charge in [-0.2, -0.15) is 0 Å². The smallest absolute Gasteiger partial charge is 0.296 e. The van der Waals surface area contributed by atoms with Crippen molar-refractivity contribution in [1.29, 1.82) is 0 Å². The number of hydrogen-bond donors (Lipinski definition) is 2. The van der Waals surface area contributed by atoms with E-state index in [1.165, 1.54) is 18.3 Å². The molecule has 2 rings (SSSR count). The van der Waals surface area contributed by atoms with Crippen LogP contribution in [0.4, 0.5) is 17.2 Å². The summed E-state index contributed by atoms with van der Waals surface area (Å²) in [5, 5.41) is 13.7. The molecule has 0 aliphatic rings. The Morgan fingerprint density at radius 3 is 2.68 bits per heavy atom. The topological polar surface area (TPSA) is 103 Å². The van der Waals surface area contributed by atoms with E-state index in [9.17, 15) is 10.1 Å². The fourth-order valence-electron chi connectivity index (χ4n) is 1.56. The van der Waals surface area contributed by atoms with E-state index in [4.69, 9.17) is 10.5 Å². The summed E-state index contributed by atoms with van der Waals surface area (Å²) in [6.45, 7) is 0. The van der Waals surface area contributed by atoms with Crippen molar-refractivity contribution >= 4 is 17.2 Å². The van der Waals surface area contributed by atoms with E-state index in [1.54, 1.807) is 25.2 Å². The zero-order chi connectivity index (χ0) is 13.8. The second kappa shape index (κ2) is 5.21. The molecule has 0 fully saturated rings. The van der Waals surface area contributed by atoms with Crippen molar-refractivity contribution in [2.75, 3.05) is 18.1 Å². The maximum Gasteiger partial charge on any atom is 0.296 e. The number of nitrogen functional groups attached to an aromatic ring is 1. The van der Waals surface area contributed by atoms with E-state index < -0.39 is 4.92 Å². The van der Waals surface area contributed by atoms with Crippen molar-refractivity contribution in [3.63, 3.8) is 0 Å². The maximum atomic E-state index is 10.9. The van der Waals surface area contributed by atoms with Crippen LogP contribution in [0.2, 0.25) is 0 Å². The Balaban J connectivity index is 2.31. The molecule has 0 amide bonds. The molecule has 0 aliphatic carbocycles. The van der Waals surface area contributed by atoms with E-state index in [-0.39, 0.29) is 5.69 Å². The second-order valence-corrected chi connectivity index (χ2v) is 3.70. The van der Waals surface area contributed by atoms with Crippen LogP contribution in [0.25, 0.3) is 0 Å². The second-order valence-electron chi connectivity index (χ2n) is 3.70. The molecule has 0 bridgehead atoms. The molecular formula is C12H12N4O3. The number of aromatic nitrogens is 1. The molecule has 7 nitrogen and oxygen atoms in total. The average Bonchev–Trinajstić information content (AvgIpc) is 2.38. The van der Waals surface area contributed by atoms with Gasteiger partial charge in [0, 0.05) is 19.3 Å². The molecule has 0 spiro atoms. The van der Waals surface area contributed by atoms with Crippen LogP contribution in [0, 0.1) is 10.1 Å². The van der Waals surface area contributed by atoms with Gasteiger partial charge < -0.3 is 15.8 Å². The Bertz CT molecular complexity index is 616. The van der Waals surface area contributed by atoms with Crippen molar-refractivity contribution in [2.24, 2.45) is 0 Å². The lowest BCUT2D eigenvalue weighted by atomic mass is 10.2. The van der Waals surface area contributed by atoms with Crippen LogP contribution in [0.5, 0.6) is 11.5 Å². The van der Waals surface area contributed by atoms with Crippen LogP contribution in [0.3, 0.4) is 0 Å². The largest absolute Gasteiger partial charge is 0.457 e. The molecule has 19 heavy (non-hydrogen) atoms. The monoisotopic (exact) mass is 260 g/mol. The van der Waals surface area contributed by atoms with Gasteiger partial charge in [-0.25, -0.2) is 4.98 Å². The third kappa shape index (κ3) is 2.89. The highest BCUT2D eigenvalue weighted by Crippen LogP contribution is 2.31. The van der Waals surface area contributed by atoms with Gasteiger partial charge in [0.25, 0.3) is 5.69 Å². The summed E-state index contributed by atoms with van der Waals surface area (Å²) < 4.78 is 5.50. The standard InChI is InChI=1S/C12H12N4O3/c1-14-10-3-2-8(6-11(10)16(17)18)19-9-4-5-15-12(13)7-9/h2-7,14H,1H3,(H2,13,15).